The number of nitrogens with zero attached hydrogens (tertiary/aromatic N) is 6. The van der Waals surface area contributed by atoms with Crippen molar-refractivity contribution < 1.29 is 48.3 Å². The van der Waals surface area contributed by atoms with E-state index in [1.165, 1.54) is 18.2 Å². The molecule has 18 heteroatoms. The molecule has 2 saturated carbocycles. The topological polar surface area (TPSA) is 143 Å². The van der Waals surface area contributed by atoms with Gasteiger partial charge in [0.15, 0.2) is 58.2 Å². The minimum absolute atomic E-state index is 0.835. The molecule has 2 fully saturated rings. The van der Waals surface area contributed by atoms with Gasteiger partial charge in [-0.15, -0.1) is 0 Å². The van der Waals surface area contributed by atoms with Gasteiger partial charge in [0.1, 0.15) is 40.7 Å². The third kappa shape index (κ3) is 4.31. The fourth-order valence-corrected chi connectivity index (χ4v) is 7.11. The van der Waals surface area contributed by atoms with Crippen LogP contribution < -0.4 is 0 Å². The summed E-state index contributed by atoms with van der Waals surface area (Å²) in [6.07, 6.45) is 0. The fourth-order valence-electron chi connectivity index (χ4n) is 6.46. The summed E-state index contributed by atoms with van der Waals surface area (Å²) in [6, 6.07) is 6.79. The highest BCUT2D eigenvalue weighted by molar-refractivity contribution is 14.1. The van der Waals surface area contributed by atoms with Gasteiger partial charge in [0.05, 0.1) is 44.8 Å². The normalized spacial score (nSPS) is 21.8. The Labute approximate surface area is 279 Å². The van der Waals surface area contributed by atoms with E-state index in [1.807, 2.05) is 0 Å². The van der Waals surface area contributed by atoms with Crippen LogP contribution in [-0.2, 0) is 0 Å². The molecule has 0 saturated heterocycles. The van der Waals surface area contributed by atoms with Crippen molar-refractivity contribution >= 4 is 28.2 Å². The molecule has 0 heterocycles. The van der Waals surface area contributed by atoms with E-state index in [-0.39, 0.29) is 0 Å². The van der Waals surface area contributed by atoms with Gasteiger partial charge in [0, 0.05) is 28.4 Å². The quantitative estimate of drug-likeness (QED) is 0.115. The number of allylic oxidation sites excluding steroid dienone is 2. The molecule has 3 aromatic rings. The largest absolute Gasteiger partial charge is 0.205 e. The van der Waals surface area contributed by atoms with Crippen molar-refractivity contribution in [2.45, 2.75) is 11.8 Å². The lowest BCUT2D eigenvalue weighted by molar-refractivity contribution is 0.430. The van der Waals surface area contributed by atoms with Gasteiger partial charge in [-0.05, 0) is 28.2 Å². The molecule has 2 aliphatic rings. The molecule has 0 bridgehead atoms. The summed E-state index contributed by atoms with van der Waals surface area (Å²) in [7, 11) is 0. The summed E-state index contributed by atoms with van der Waals surface area (Å²) in [5.74, 6) is -33.8. The molecule has 0 amide bonds. The number of rotatable bonds is 4. The molecule has 5 rings (SSSR count). The SMILES string of the molecule is N#C/C(=C1/C(C(C#N)c2c(F)c(F)c(C#N)c(I)c2F)C12C(C#N)C2c1c(F)c(F)c(C#N)c(F)c1F)c1c(F)c(F)c(C#N)c(F)c1F. The smallest absolute Gasteiger partial charge is 0.180 e. The summed E-state index contributed by atoms with van der Waals surface area (Å²) >= 11 is 1.05. The zero-order chi connectivity index (χ0) is 36.6. The lowest BCUT2D eigenvalue weighted by Gasteiger charge is -2.14. The van der Waals surface area contributed by atoms with E-state index in [9.17, 15) is 37.7 Å². The van der Waals surface area contributed by atoms with E-state index < -0.39 is 141 Å². The standard InChI is InChI=1S/C31H4F11IN6/c32-19-9(3-46)20(33)25(38)13(24(19)37)7(1-44)16-17(8(2-45)14-26(39)23(36)11(5-48)30(43)29(14)42)31(16)12(6-49)18(31)15-27(40)21(34)10(4-47)22(35)28(15)41/h8,12,17-18H/b16-7+. The van der Waals surface area contributed by atoms with Crippen LogP contribution in [0.15, 0.2) is 5.57 Å². The lowest BCUT2D eigenvalue weighted by atomic mass is 9.90. The van der Waals surface area contributed by atoms with Crippen molar-refractivity contribution in [3.63, 3.8) is 0 Å². The van der Waals surface area contributed by atoms with Crippen LogP contribution in [0.3, 0.4) is 0 Å². The van der Waals surface area contributed by atoms with Crippen molar-refractivity contribution in [1.82, 2.24) is 0 Å². The highest BCUT2D eigenvalue weighted by Gasteiger charge is 2.85. The van der Waals surface area contributed by atoms with Gasteiger partial charge in [-0.3, -0.25) is 0 Å². The van der Waals surface area contributed by atoms with Gasteiger partial charge in [-0.2, -0.15) is 31.6 Å². The van der Waals surface area contributed by atoms with Crippen molar-refractivity contribution in [2.75, 3.05) is 0 Å². The molecular formula is C31H4F11IN6. The average molecular weight is 796 g/mol. The highest BCUT2D eigenvalue weighted by Crippen LogP contribution is 2.88. The van der Waals surface area contributed by atoms with E-state index in [2.05, 4.69) is 0 Å². The first-order chi connectivity index (χ1) is 23.1. The Morgan fingerprint density at radius 3 is 1.45 bits per heavy atom. The second-order valence-corrected chi connectivity index (χ2v) is 11.5. The summed E-state index contributed by atoms with van der Waals surface area (Å²) in [6.45, 7) is 0. The maximum Gasteiger partial charge on any atom is 0.180 e. The predicted octanol–water partition coefficient (Wildman–Crippen LogP) is 7.57. The third-order valence-electron chi connectivity index (χ3n) is 8.52. The average Bonchev–Trinajstić information content (AvgIpc) is 3.95. The van der Waals surface area contributed by atoms with Gasteiger partial charge in [-0.25, -0.2) is 48.3 Å². The molecule has 242 valence electrons. The minimum atomic E-state index is -2.62. The van der Waals surface area contributed by atoms with Crippen molar-refractivity contribution in [3.05, 3.63) is 107 Å². The molecule has 1 spiro atoms. The second kappa shape index (κ2) is 11.8. The Morgan fingerprint density at radius 2 is 1.04 bits per heavy atom. The van der Waals surface area contributed by atoms with Crippen LogP contribution in [-0.4, -0.2) is 0 Å². The maximum atomic E-state index is 15.6. The van der Waals surface area contributed by atoms with Crippen molar-refractivity contribution in [2.24, 2.45) is 17.3 Å². The highest BCUT2D eigenvalue weighted by atomic mass is 127. The van der Waals surface area contributed by atoms with Crippen molar-refractivity contribution in [3.8, 4) is 36.4 Å². The molecule has 0 aromatic heterocycles. The van der Waals surface area contributed by atoms with E-state index in [0.717, 1.165) is 40.8 Å². The number of hydrogen-bond acceptors (Lipinski definition) is 6. The summed E-state index contributed by atoms with van der Waals surface area (Å²) < 4.78 is 165. The first kappa shape index (κ1) is 34.6. The number of benzene rings is 3. The molecule has 0 radical (unpaired) electrons. The van der Waals surface area contributed by atoms with Crippen molar-refractivity contribution in [1.29, 1.82) is 31.6 Å². The van der Waals surface area contributed by atoms with Crippen LogP contribution in [0, 0.1) is 153 Å². The van der Waals surface area contributed by atoms with Crippen LogP contribution in [0.5, 0.6) is 0 Å². The van der Waals surface area contributed by atoms with Gasteiger partial charge in [0.25, 0.3) is 0 Å². The Kier molecular flexibility index (Phi) is 8.32. The van der Waals surface area contributed by atoms with Gasteiger partial charge >= 0.3 is 0 Å². The molecule has 3 aromatic carbocycles. The zero-order valence-electron chi connectivity index (χ0n) is 23.0. The molecule has 5 unspecified atom stereocenters. The molecule has 0 aliphatic heterocycles. The Bertz CT molecular complexity index is 2300. The van der Waals surface area contributed by atoms with Crippen LogP contribution in [0.2, 0.25) is 0 Å². The lowest BCUT2D eigenvalue weighted by Crippen LogP contribution is -2.13. The summed E-state index contributed by atoms with van der Waals surface area (Å²) in [5, 5.41) is 57.2. The number of nitriles is 6. The first-order valence-corrected chi connectivity index (χ1v) is 13.9. The van der Waals surface area contributed by atoms with Gasteiger partial charge in [0.2, 0.25) is 0 Å². The maximum absolute atomic E-state index is 15.6. The molecule has 6 nitrogen and oxygen atoms in total. The van der Waals surface area contributed by atoms with E-state index in [1.54, 1.807) is 0 Å². The molecular weight excluding hydrogens is 792 g/mol. The number of halogens is 12. The van der Waals surface area contributed by atoms with E-state index in [0.29, 0.717) is 0 Å². The molecule has 2 aliphatic carbocycles. The summed E-state index contributed by atoms with van der Waals surface area (Å²) in [5.41, 5.74) is -15.0. The molecule has 5 atom stereocenters. The Hall–Kier alpha value is -5.70. The monoisotopic (exact) mass is 796 g/mol. The van der Waals surface area contributed by atoms with Gasteiger partial charge in [-0.1, -0.05) is 0 Å². The van der Waals surface area contributed by atoms with Gasteiger partial charge < -0.3 is 0 Å². The minimum Gasteiger partial charge on any atom is -0.205 e. The molecule has 0 N–H and O–H groups in total. The Morgan fingerprint density at radius 1 is 0.592 bits per heavy atom. The molecule has 49 heavy (non-hydrogen) atoms. The van der Waals surface area contributed by atoms with E-state index in [4.69, 9.17) is 15.8 Å². The Balaban J connectivity index is 1.94. The van der Waals surface area contributed by atoms with Crippen LogP contribution in [0.25, 0.3) is 5.57 Å². The third-order valence-corrected chi connectivity index (χ3v) is 9.53. The van der Waals surface area contributed by atoms with Crippen LogP contribution in [0.4, 0.5) is 48.3 Å². The predicted molar refractivity (Wildman–Crippen MR) is 144 cm³/mol. The van der Waals surface area contributed by atoms with Crippen LogP contribution >= 0.6 is 22.6 Å². The zero-order valence-corrected chi connectivity index (χ0v) is 25.2. The second-order valence-electron chi connectivity index (χ2n) is 10.4. The number of hydrogen-bond donors (Lipinski definition) is 0. The summed E-state index contributed by atoms with van der Waals surface area (Å²) in [4.78, 5) is 0. The van der Waals surface area contributed by atoms with Crippen LogP contribution in [0.1, 0.15) is 45.2 Å². The fraction of sp³-hybridized carbons (Fsp3) is 0.161. The first-order valence-electron chi connectivity index (χ1n) is 12.8. The van der Waals surface area contributed by atoms with E-state index >= 15 is 26.3 Å².